The van der Waals surface area contributed by atoms with Crippen LogP contribution in [0.4, 0.5) is 4.79 Å². The molecule has 1 saturated heterocycles. The van der Waals surface area contributed by atoms with Gasteiger partial charge in [-0.2, -0.15) is 0 Å². The number of hydrogen-bond acceptors (Lipinski definition) is 9. The van der Waals surface area contributed by atoms with Crippen molar-refractivity contribution in [3.8, 4) is 0 Å². The molecule has 2 saturated carbocycles. The van der Waals surface area contributed by atoms with Crippen LogP contribution in [0.5, 0.6) is 0 Å². The summed E-state index contributed by atoms with van der Waals surface area (Å²) in [6.45, 7) is 7.17. The van der Waals surface area contributed by atoms with Crippen LogP contribution >= 0.6 is 0 Å². The number of carbonyl (C=O) groups excluding carboxylic acids is 6. The van der Waals surface area contributed by atoms with Crippen LogP contribution in [0.15, 0.2) is 0 Å². The molecule has 3 aliphatic rings. The lowest BCUT2D eigenvalue weighted by Crippen LogP contribution is -2.63. The number of carbonyl (C=O) groups is 6. The number of nitrogens with zero attached hydrogens (tertiary/aromatic N) is 1. The van der Waals surface area contributed by atoms with Gasteiger partial charge in [0.05, 0.1) is 18.6 Å². The Hall–Kier alpha value is -3.50. The van der Waals surface area contributed by atoms with Crippen LogP contribution in [0.3, 0.4) is 0 Å². The first-order chi connectivity index (χ1) is 26.3. The van der Waals surface area contributed by atoms with E-state index in [2.05, 4.69) is 38.8 Å². The molecule has 3 rings (SSSR count). The van der Waals surface area contributed by atoms with Gasteiger partial charge in [0.1, 0.15) is 24.2 Å². The molecule has 16 nitrogen and oxygen atoms in total. The van der Waals surface area contributed by atoms with Gasteiger partial charge in [-0.15, -0.1) is 0 Å². The molecule has 1 aliphatic heterocycles. The molecule has 7 amide bonds. The molecule has 0 aromatic rings. The van der Waals surface area contributed by atoms with Crippen LogP contribution in [0.1, 0.15) is 124 Å². The molecular formula is C39H71N9O7. The smallest absolute Gasteiger partial charge is 0.315 e. The Morgan fingerprint density at radius 1 is 0.818 bits per heavy atom. The zero-order valence-corrected chi connectivity index (χ0v) is 34.0. The molecular weight excluding hydrogens is 706 g/mol. The minimum Gasteiger partial charge on any atom is -0.375 e. The first kappa shape index (κ1) is 45.9. The Kier molecular flexibility index (Phi) is 19.6. The standard InChI is InChI=1S/C39H71N9O7/c1-6-8-9-14-18-32-25(4)38(53)48(5)31(15-7-2)36(51)47-33(26-16-12-10-11-13-17-26)37(52)45-29(21-40)34(49)46-30(35(50)43-24(3)23-55-32)22-42-39(54)44-28-19-27(41)20-28/h24-33H,6-23,40-41H2,1-5H3,(H,43,50)(H,45,52)(H,46,49)(H,47,51)(H2,42,44,54)/t24-,25-,27?,28?,29+,30+,31+,32-,33+/m1/s1. The molecule has 314 valence electrons. The summed E-state index contributed by atoms with van der Waals surface area (Å²) < 4.78 is 6.37. The molecule has 7 atom stereocenters. The molecule has 1 heterocycles. The minimum absolute atomic E-state index is 0.0276. The number of amides is 7. The van der Waals surface area contributed by atoms with E-state index in [4.69, 9.17) is 16.2 Å². The van der Waals surface area contributed by atoms with Gasteiger partial charge in [-0.05, 0) is 51.4 Å². The average molecular weight is 778 g/mol. The summed E-state index contributed by atoms with van der Waals surface area (Å²) in [5.41, 5.74) is 11.9. The maximum Gasteiger partial charge on any atom is 0.315 e. The molecule has 0 bridgehead atoms. The number of urea groups is 1. The maximum atomic E-state index is 14.2. The summed E-state index contributed by atoms with van der Waals surface area (Å²) in [4.78, 5) is 84.1. The molecule has 55 heavy (non-hydrogen) atoms. The molecule has 2 aliphatic carbocycles. The Morgan fingerprint density at radius 2 is 1.47 bits per heavy atom. The molecule has 0 aromatic heterocycles. The monoisotopic (exact) mass is 778 g/mol. The van der Waals surface area contributed by atoms with E-state index in [1.165, 1.54) is 4.90 Å². The summed E-state index contributed by atoms with van der Waals surface area (Å²) in [7, 11) is 1.63. The summed E-state index contributed by atoms with van der Waals surface area (Å²) in [6, 6.07) is -5.38. The lowest BCUT2D eigenvalue weighted by Gasteiger charge is -2.34. The molecule has 10 N–H and O–H groups in total. The zero-order chi connectivity index (χ0) is 40.5. The van der Waals surface area contributed by atoms with Crippen LogP contribution in [-0.2, 0) is 28.7 Å². The lowest BCUT2D eigenvalue weighted by molar-refractivity contribution is -0.147. The van der Waals surface area contributed by atoms with Crippen molar-refractivity contribution >= 4 is 35.6 Å². The molecule has 16 heteroatoms. The van der Waals surface area contributed by atoms with Crippen molar-refractivity contribution < 1.29 is 33.5 Å². The average Bonchev–Trinajstić information content (AvgIpc) is 3.43. The van der Waals surface area contributed by atoms with Crippen molar-refractivity contribution in [3.05, 3.63) is 0 Å². The highest BCUT2D eigenvalue weighted by Crippen LogP contribution is 2.27. The van der Waals surface area contributed by atoms with Crippen LogP contribution in [-0.4, -0.2) is 116 Å². The Bertz CT molecular complexity index is 1260. The molecule has 0 aromatic carbocycles. The van der Waals surface area contributed by atoms with Crippen molar-refractivity contribution in [1.82, 2.24) is 36.8 Å². The summed E-state index contributed by atoms with van der Waals surface area (Å²) in [5.74, 6) is -3.33. The van der Waals surface area contributed by atoms with Gasteiger partial charge in [0.25, 0.3) is 0 Å². The highest BCUT2D eigenvalue weighted by atomic mass is 16.5. The zero-order valence-electron chi connectivity index (χ0n) is 34.0. The molecule has 0 radical (unpaired) electrons. The first-order valence-corrected chi connectivity index (χ1v) is 20.9. The Balaban J connectivity index is 1.96. The number of hydrogen-bond donors (Lipinski definition) is 8. The number of nitrogens with one attached hydrogen (secondary N) is 6. The normalized spacial score (nSPS) is 31.3. The third kappa shape index (κ3) is 14.5. The molecule has 0 spiro atoms. The van der Waals surface area contributed by atoms with Crippen LogP contribution in [0, 0.1) is 11.8 Å². The lowest BCUT2D eigenvalue weighted by atomic mass is 9.88. The number of likely N-dealkylation sites (N-methyl/N-ethyl adjacent to an activating group) is 1. The fourth-order valence-corrected chi connectivity index (χ4v) is 7.79. The van der Waals surface area contributed by atoms with E-state index < -0.39 is 71.9 Å². The van der Waals surface area contributed by atoms with E-state index in [1.807, 2.05) is 13.8 Å². The summed E-state index contributed by atoms with van der Waals surface area (Å²) in [6.07, 6.45) is 11.6. The topological polar surface area (TPSA) is 239 Å². The van der Waals surface area contributed by atoms with E-state index in [9.17, 15) is 28.8 Å². The maximum absolute atomic E-state index is 14.2. The van der Waals surface area contributed by atoms with E-state index in [1.54, 1.807) is 14.0 Å². The predicted octanol–water partition coefficient (Wildman–Crippen LogP) is 1.30. The quantitative estimate of drug-likeness (QED) is 0.105. The fourth-order valence-electron chi connectivity index (χ4n) is 7.79. The van der Waals surface area contributed by atoms with Gasteiger partial charge in [0.15, 0.2) is 0 Å². The SMILES string of the molecule is CCCCCC[C@H]1OC[C@@H](C)NC(=O)[C@H](CNC(=O)NC2CC(N)C2)NC(=O)[C@H](CN)NC(=O)[C@H](C2CCCCCC2)NC(=O)[C@H](CCC)N(C)C(=O)[C@@H]1C. The van der Waals surface area contributed by atoms with Gasteiger partial charge >= 0.3 is 6.03 Å². The molecule has 3 fully saturated rings. The minimum atomic E-state index is -1.24. The summed E-state index contributed by atoms with van der Waals surface area (Å²) in [5, 5.41) is 16.8. The van der Waals surface area contributed by atoms with Crippen LogP contribution in [0.2, 0.25) is 0 Å². The third-order valence-electron chi connectivity index (χ3n) is 11.3. The van der Waals surface area contributed by atoms with Gasteiger partial charge in [-0.1, -0.05) is 78.6 Å². The third-order valence-corrected chi connectivity index (χ3v) is 11.3. The van der Waals surface area contributed by atoms with E-state index in [0.717, 1.165) is 51.4 Å². The number of ether oxygens (including phenoxy) is 1. The van der Waals surface area contributed by atoms with Gasteiger partial charge in [0, 0.05) is 38.3 Å². The second kappa shape index (κ2) is 23.5. The van der Waals surface area contributed by atoms with Crippen LogP contribution < -0.4 is 43.4 Å². The van der Waals surface area contributed by atoms with Crippen molar-refractivity contribution in [1.29, 1.82) is 0 Å². The van der Waals surface area contributed by atoms with Crippen molar-refractivity contribution in [3.63, 3.8) is 0 Å². The van der Waals surface area contributed by atoms with E-state index in [0.29, 0.717) is 44.9 Å². The van der Waals surface area contributed by atoms with Gasteiger partial charge in [-0.3, -0.25) is 24.0 Å². The number of rotatable bonds is 12. The van der Waals surface area contributed by atoms with E-state index >= 15 is 0 Å². The van der Waals surface area contributed by atoms with Crippen molar-refractivity contribution in [2.75, 3.05) is 26.7 Å². The van der Waals surface area contributed by atoms with Gasteiger partial charge < -0.3 is 53.0 Å². The second-order valence-corrected chi connectivity index (χ2v) is 16.1. The second-order valence-electron chi connectivity index (χ2n) is 16.1. The summed E-state index contributed by atoms with van der Waals surface area (Å²) >= 11 is 0. The van der Waals surface area contributed by atoms with Crippen molar-refractivity contribution in [2.24, 2.45) is 23.3 Å². The fraction of sp³-hybridized carbons (Fsp3) is 0.846. The first-order valence-electron chi connectivity index (χ1n) is 20.9. The number of unbranched alkanes of at least 4 members (excludes halogenated alkanes) is 3. The molecule has 0 unspecified atom stereocenters. The van der Waals surface area contributed by atoms with Gasteiger partial charge in [-0.25, -0.2) is 4.79 Å². The predicted molar refractivity (Wildman–Crippen MR) is 210 cm³/mol. The highest BCUT2D eigenvalue weighted by molar-refractivity contribution is 5.96. The number of nitrogens with two attached hydrogens (primary N) is 2. The highest BCUT2D eigenvalue weighted by Gasteiger charge is 2.38. The van der Waals surface area contributed by atoms with E-state index in [-0.39, 0.29) is 43.6 Å². The van der Waals surface area contributed by atoms with Gasteiger partial charge in [0.2, 0.25) is 29.5 Å². The largest absolute Gasteiger partial charge is 0.375 e. The van der Waals surface area contributed by atoms with Crippen molar-refractivity contribution in [2.45, 2.75) is 172 Å². The Labute approximate surface area is 327 Å². The van der Waals surface area contributed by atoms with Crippen LogP contribution in [0.25, 0.3) is 0 Å². The Morgan fingerprint density at radius 3 is 2.09 bits per heavy atom.